The Morgan fingerprint density at radius 1 is 1.03 bits per heavy atom. The average molecular weight is 512 g/mol. The second kappa shape index (κ2) is 11.8. The highest BCUT2D eigenvalue weighted by molar-refractivity contribution is 9.10. The fourth-order valence-corrected chi connectivity index (χ4v) is 4.21. The Morgan fingerprint density at radius 2 is 1.68 bits per heavy atom. The SMILES string of the molecule is COC(=O)C(CCCCNC(=O)Nc1ccc(Br)cc1)NS(=O)(=O)c1ccc(C)cc1. The first-order valence-electron chi connectivity index (χ1n) is 9.68. The Kier molecular flexibility index (Phi) is 9.47. The third kappa shape index (κ3) is 8.31. The van der Waals surface area contributed by atoms with Crippen molar-refractivity contribution in [3.8, 4) is 0 Å². The highest BCUT2D eigenvalue weighted by atomic mass is 79.9. The van der Waals surface area contributed by atoms with Crippen LogP contribution in [0.3, 0.4) is 0 Å². The standard InChI is InChI=1S/C21H26BrN3O5S/c1-15-6-12-18(13-7-15)31(28,29)25-19(20(26)30-2)5-3-4-14-23-21(27)24-17-10-8-16(22)9-11-17/h6-13,19,25H,3-5,14H2,1-2H3,(H2,23,24,27). The van der Waals surface area contributed by atoms with Crippen LogP contribution in [0.2, 0.25) is 0 Å². The molecule has 3 N–H and O–H groups in total. The molecule has 1 unspecified atom stereocenters. The fourth-order valence-electron chi connectivity index (χ4n) is 2.72. The number of hydrogen-bond donors (Lipinski definition) is 3. The van der Waals surface area contributed by atoms with E-state index < -0.39 is 22.0 Å². The third-order valence-electron chi connectivity index (χ3n) is 4.42. The normalized spacial score (nSPS) is 12.1. The molecule has 168 valence electrons. The highest BCUT2D eigenvalue weighted by Crippen LogP contribution is 2.14. The van der Waals surface area contributed by atoms with Gasteiger partial charge in [-0.3, -0.25) is 4.79 Å². The lowest BCUT2D eigenvalue weighted by Crippen LogP contribution is -2.41. The number of ether oxygens (including phenoxy) is 1. The maximum absolute atomic E-state index is 12.6. The summed E-state index contributed by atoms with van der Waals surface area (Å²) in [6.45, 7) is 2.23. The van der Waals surface area contributed by atoms with Crippen LogP contribution in [0.4, 0.5) is 10.5 Å². The lowest BCUT2D eigenvalue weighted by atomic mass is 10.1. The fraction of sp³-hybridized carbons (Fsp3) is 0.333. The number of sulfonamides is 1. The summed E-state index contributed by atoms with van der Waals surface area (Å²) in [5, 5.41) is 5.44. The van der Waals surface area contributed by atoms with E-state index in [1.807, 2.05) is 19.1 Å². The summed E-state index contributed by atoms with van der Waals surface area (Å²) < 4.78 is 33.2. The molecule has 0 aliphatic heterocycles. The molecular weight excluding hydrogens is 486 g/mol. The van der Waals surface area contributed by atoms with E-state index in [0.717, 1.165) is 10.0 Å². The van der Waals surface area contributed by atoms with Crippen molar-refractivity contribution in [1.29, 1.82) is 0 Å². The summed E-state index contributed by atoms with van der Waals surface area (Å²) in [5.74, 6) is -0.656. The number of halogens is 1. The second-order valence-electron chi connectivity index (χ2n) is 6.89. The number of anilines is 1. The number of carbonyl (C=O) groups excluding carboxylic acids is 2. The van der Waals surface area contributed by atoms with E-state index >= 15 is 0 Å². The summed E-state index contributed by atoms with van der Waals surface area (Å²) in [7, 11) is -2.65. The zero-order valence-electron chi connectivity index (χ0n) is 17.4. The second-order valence-corrected chi connectivity index (χ2v) is 9.52. The smallest absolute Gasteiger partial charge is 0.323 e. The van der Waals surface area contributed by atoms with Gasteiger partial charge in [0.2, 0.25) is 10.0 Å². The molecule has 2 amide bonds. The Labute approximate surface area is 190 Å². The molecule has 0 aromatic heterocycles. The van der Waals surface area contributed by atoms with Crippen molar-refractivity contribution in [1.82, 2.24) is 10.0 Å². The van der Waals surface area contributed by atoms with E-state index in [2.05, 4.69) is 31.3 Å². The van der Waals surface area contributed by atoms with E-state index in [1.54, 1.807) is 24.3 Å². The monoisotopic (exact) mass is 511 g/mol. The number of hydrogen-bond acceptors (Lipinski definition) is 5. The van der Waals surface area contributed by atoms with Crippen molar-refractivity contribution in [2.75, 3.05) is 19.0 Å². The molecule has 1 atom stereocenters. The molecule has 8 nitrogen and oxygen atoms in total. The summed E-state index contributed by atoms with van der Waals surface area (Å²) in [6, 6.07) is 12.2. The highest BCUT2D eigenvalue weighted by Gasteiger charge is 2.26. The van der Waals surface area contributed by atoms with Gasteiger partial charge in [-0.05, 0) is 62.6 Å². The van der Waals surface area contributed by atoms with E-state index in [-0.39, 0.29) is 17.3 Å². The van der Waals surface area contributed by atoms with Crippen molar-refractivity contribution in [2.45, 2.75) is 37.1 Å². The minimum atomic E-state index is -3.86. The molecule has 2 aromatic rings. The van der Waals surface area contributed by atoms with Crippen LogP contribution >= 0.6 is 15.9 Å². The molecule has 10 heteroatoms. The van der Waals surface area contributed by atoms with Gasteiger partial charge < -0.3 is 15.4 Å². The molecule has 2 aromatic carbocycles. The van der Waals surface area contributed by atoms with Gasteiger partial charge in [-0.2, -0.15) is 4.72 Å². The van der Waals surface area contributed by atoms with Gasteiger partial charge >= 0.3 is 12.0 Å². The third-order valence-corrected chi connectivity index (χ3v) is 6.44. The zero-order valence-corrected chi connectivity index (χ0v) is 19.8. The van der Waals surface area contributed by atoms with E-state index in [1.165, 1.54) is 19.2 Å². The van der Waals surface area contributed by atoms with Gasteiger partial charge in [-0.1, -0.05) is 33.6 Å². The minimum absolute atomic E-state index is 0.0817. The Balaban J connectivity index is 1.81. The Bertz CT molecular complexity index is 979. The molecule has 0 bridgehead atoms. The lowest BCUT2D eigenvalue weighted by Gasteiger charge is -2.17. The van der Waals surface area contributed by atoms with Crippen molar-refractivity contribution < 1.29 is 22.7 Å². The quantitative estimate of drug-likeness (QED) is 0.333. The van der Waals surface area contributed by atoms with Crippen molar-refractivity contribution in [3.63, 3.8) is 0 Å². The van der Waals surface area contributed by atoms with Gasteiger partial charge in [0.1, 0.15) is 6.04 Å². The summed E-state index contributed by atoms with van der Waals surface area (Å²) in [6.07, 6.45) is 1.32. The predicted molar refractivity (Wildman–Crippen MR) is 122 cm³/mol. The van der Waals surface area contributed by atoms with Crippen LogP contribution in [-0.2, 0) is 19.6 Å². The number of amides is 2. The number of unbranched alkanes of at least 4 members (excludes halogenated alkanes) is 1. The Hall–Kier alpha value is -2.43. The Morgan fingerprint density at radius 3 is 2.29 bits per heavy atom. The molecule has 0 radical (unpaired) electrons. The maximum Gasteiger partial charge on any atom is 0.323 e. The number of rotatable bonds is 10. The van der Waals surface area contributed by atoms with Gasteiger partial charge in [0.25, 0.3) is 0 Å². The van der Waals surface area contributed by atoms with E-state index in [0.29, 0.717) is 25.1 Å². The van der Waals surface area contributed by atoms with Crippen LogP contribution in [0, 0.1) is 6.92 Å². The average Bonchev–Trinajstić information content (AvgIpc) is 2.74. The first kappa shape index (κ1) is 24.8. The number of nitrogens with one attached hydrogen (secondary N) is 3. The summed E-state index contributed by atoms with van der Waals surface area (Å²) in [4.78, 5) is 24.0. The van der Waals surface area contributed by atoms with Gasteiger partial charge in [0.05, 0.1) is 12.0 Å². The van der Waals surface area contributed by atoms with Gasteiger partial charge in [0.15, 0.2) is 0 Å². The number of urea groups is 1. The molecule has 0 fully saturated rings. The number of aryl methyl sites for hydroxylation is 1. The molecule has 0 saturated heterocycles. The van der Waals surface area contributed by atoms with E-state index in [4.69, 9.17) is 4.74 Å². The van der Waals surface area contributed by atoms with Crippen LogP contribution < -0.4 is 15.4 Å². The first-order chi connectivity index (χ1) is 14.7. The lowest BCUT2D eigenvalue weighted by molar-refractivity contribution is -0.142. The molecule has 0 heterocycles. The minimum Gasteiger partial charge on any atom is -0.468 e. The molecule has 0 aliphatic carbocycles. The number of methoxy groups -OCH3 is 1. The van der Waals surface area contributed by atoms with Gasteiger partial charge in [-0.25, -0.2) is 13.2 Å². The van der Waals surface area contributed by atoms with Crippen LogP contribution in [-0.4, -0.2) is 40.1 Å². The van der Waals surface area contributed by atoms with E-state index in [9.17, 15) is 18.0 Å². The van der Waals surface area contributed by atoms with Crippen LogP contribution in [0.25, 0.3) is 0 Å². The summed E-state index contributed by atoms with van der Waals surface area (Å²) >= 11 is 3.33. The predicted octanol–water partition coefficient (Wildman–Crippen LogP) is 3.57. The summed E-state index contributed by atoms with van der Waals surface area (Å²) in [5.41, 5.74) is 1.59. The van der Waals surface area contributed by atoms with Gasteiger partial charge in [-0.15, -0.1) is 0 Å². The molecule has 0 saturated carbocycles. The van der Waals surface area contributed by atoms with Crippen molar-refractivity contribution in [2.24, 2.45) is 0 Å². The molecule has 2 rings (SSSR count). The van der Waals surface area contributed by atoms with Crippen LogP contribution in [0.15, 0.2) is 57.9 Å². The maximum atomic E-state index is 12.6. The van der Waals surface area contributed by atoms with Crippen LogP contribution in [0.5, 0.6) is 0 Å². The van der Waals surface area contributed by atoms with Gasteiger partial charge in [0, 0.05) is 16.7 Å². The largest absolute Gasteiger partial charge is 0.468 e. The zero-order chi connectivity index (χ0) is 22.9. The number of esters is 1. The molecule has 0 spiro atoms. The first-order valence-corrected chi connectivity index (χ1v) is 12.0. The number of benzene rings is 2. The van der Waals surface area contributed by atoms with Crippen molar-refractivity contribution in [3.05, 3.63) is 58.6 Å². The van der Waals surface area contributed by atoms with Crippen LogP contribution in [0.1, 0.15) is 24.8 Å². The topological polar surface area (TPSA) is 114 Å². The molecule has 0 aliphatic rings. The molecular formula is C21H26BrN3O5S. The van der Waals surface area contributed by atoms with Crippen molar-refractivity contribution >= 4 is 43.6 Å². The number of carbonyl (C=O) groups is 2. The molecule has 31 heavy (non-hydrogen) atoms.